The Balaban J connectivity index is 1.49. The fourth-order valence-corrected chi connectivity index (χ4v) is 6.35. The molecule has 0 amide bonds. The molecule has 0 bridgehead atoms. The van der Waals surface area contributed by atoms with Crippen LogP contribution in [0.4, 0.5) is 0 Å². The number of carbonyl (C=O) groups excluding carboxylic acids is 1. The second-order valence-corrected chi connectivity index (χ2v) is 11.4. The van der Waals surface area contributed by atoms with Crippen molar-refractivity contribution in [2.45, 2.75) is 19.6 Å². The van der Waals surface area contributed by atoms with Crippen LogP contribution in [0.1, 0.15) is 35.2 Å². The zero-order valence-corrected chi connectivity index (χ0v) is 26.5. The Bertz CT molecular complexity index is 2080. The van der Waals surface area contributed by atoms with Gasteiger partial charge < -0.3 is 18.9 Å². The van der Waals surface area contributed by atoms with Crippen molar-refractivity contribution in [3.8, 4) is 17.2 Å². The van der Waals surface area contributed by atoms with Gasteiger partial charge in [-0.25, -0.2) is 9.79 Å². The summed E-state index contributed by atoms with van der Waals surface area (Å²) >= 11 is 1.25. The monoisotopic (exact) mass is 632 g/mol. The van der Waals surface area contributed by atoms with Crippen molar-refractivity contribution in [2.75, 3.05) is 20.8 Å². The topological polar surface area (TPSA) is 88.4 Å². The highest BCUT2D eigenvalue weighted by Gasteiger charge is 2.35. The van der Waals surface area contributed by atoms with Gasteiger partial charge >= 0.3 is 5.97 Å². The maximum absolute atomic E-state index is 14.2. The summed E-state index contributed by atoms with van der Waals surface area (Å²) in [5.74, 6) is 1.20. The number of ether oxygens (including phenoxy) is 4. The molecule has 1 atom stereocenters. The summed E-state index contributed by atoms with van der Waals surface area (Å²) in [6, 6.07) is 31.4. The third kappa shape index (κ3) is 6.23. The van der Waals surface area contributed by atoms with Crippen LogP contribution in [-0.2, 0) is 16.1 Å². The molecule has 5 aromatic rings. The third-order valence-corrected chi connectivity index (χ3v) is 8.49. The number of methoxy groups -OCH3 is 2. The Labute approximate surface area is 270 Å². The second kappa shape index (κ2) is 13.7. The van der Waals surface area contributed by atoms with Gasteiger partial charge in [0.15, 0.2) is 16.3 Å². The summed E-state index contributed by atoms with van der Waals surface area (Å²) in [5, 5.41) is 0. The Morgan fingerprint density at radius 3 is 2.37 bits per heavy atom. The number of hydrogen-bond donors (Lipinski definition) is 0. The number of carbonyl (C=O) groups is 1. The lowest BCUT2D eigenvalue weighted by Gasteiger charge is -2.26. The van der Waals surface area contributed by atoms with E-state index in [1.165, 1.54) is 11.3 Å². The van der Waals surface area contributed by atoms with Crippen LogP contribution in [0.5, 0.6) is 17.2 Å². The number of hydrogen-bond acceptors (Lipinski definition) is 8. The van der Waals surface area contributed by atoms with Gasteiger partial charge in [-0.1, -0.05) is 90.2 Å². The minimum Gasteiger partial charge on any atom is -0.497 e. The fraction of sp³-hybridized carbons (Fsp3) is 0.162. The molecule has 0 aliphatic carbocycles. The van der Waals surface area contributed by atoms with Gasteiger partial charge in [-0.05, 0) is 54.0 Å². The first-order chi connectivity index (χ1) is 22.5. The molecular formula is C37H32N2O6S. The quantitative estimate of drug-likeness (QED) is 0.188. The van der Waals surface area contributed by atoms with Gasteiger partial charge in [0.25, 0.3) is 5.56 Å². The second-order valence-electron chi connectivity index (χ2n) is 10.4. The molecule has 9 heteroatoms. The van der Waals surface area contributed by atoms with Gasteiger partial charge in [0.2, 0.25) is 0 Å². The molecule has 4 aromatic carbocycles. The summed E-state index contributed by atoms with van der Waals surface area (Å²) in [7, 11) is 3.16. The van der Waals surface area contributed by atoms with E-state index in [1.807, 2.05) is 103 Å². The number of benzene rings is 4. The van der Waals surface area contributed by atoms with Gasteiger partial charge in [-0.3, -0.25) is 9.36 Å². The van der Waals surface area contributed by atoms with Crippen LogP contribution in [0.25, 0.3) is 11.8 Å². The van der Waals surface area contributed by atoms with Crippen LogP contribution >= 0.6 is 11.3 Å². The van der Waals surface area contributed by atoms with Crippen molar-refractivity contribution < 1.29 is 23.7 Å². The van der Waals surface area contributed by atoms with Gasteiger partial charge in [0, 0.05) is 5.56 Å². The van der Waals surface area contributed by atoms with E-state index in [1.54, 1.807) is 31.8 Å². The molecule has 0 N–H and O–H groups in total. The molecular weight excluding hydrogens is 600 g/mol. The molecule has 0 spiro atoms. The highest BCUT2D eigenvalue weighted by atomic mass is 32.1. The molecule has 0 unspecified atom stereocenters. The van der Waals surface area contributed by atoms with Crippen molar-refractivity contribution in [3.63, 3.8) is 0 Å². The number of aromatic nitrogens is 1. The van der Waals surface area contributed by atoms with Gasteiger partial charge in [0.1, 0.15) is 12.4 Å². The molecule has 0 saturated heterocycles. The standard InChI is InChI=1S/C37H32N2O6S/c1-4-44-36(41)32-33(26-14-9-6-10-15-26)38-37-39(34(32)27-16-11-17-28(22-27)42-2)35(40)31(46-37)21-25-18-19-29(30(20-25)43-3)45-23-24-12-7-5-8-13-24/h5-22,34H,4,23H2,1-3H3/b31-21-/t34-/m0/s1. The predicted octanol–water partition coefficient (Wildman–Crippen LogP) is 5.53. The van der Waals surface area contributed by atoms with Crippen LogP contribution in [-0.4, -0.2) is 31.4 Å². The first kappa shape index (κ1) is 30.6. The molecule has 0 saturated carbocycles. The van der Waals surface area contributed by atoms with E-state index in [-0.39, 0.29) is 17.7 Å². The van der Waals surface area contributed by atoms with E-state index in [0.717, 1.165) is 16.7 Å². The van der Waals surface area contributed by atoms with E-state index >= 15 is 0 Å². The summed E-state index contributed by atoms with van der Waals surface area (Å²) < 4.78 is 24.7. The number of thiazole rings is 1. The van der Waals surface area contributed by atoms with Gasteiger partial charge in [0.05, 0.1) is 42.7 Å². The zero-order valence-electron chi connectivity index (χ0n) is 25.6. The summed E-state index contributed by atoms with van der Waals surface area (Å²) in [6.07, 6.45) is 1.80. The number of nitrogens with zero attached hydrogens (tertiary/aromatic N) is 2. The minimum atomic E-state index is -0.800. The van der Waals surface area contributed by atoms with Crippen molar-refractivity contribution in [2.24, 2.45) is 4.99 Å². The lowest BCUT2D eigenvalue weighted by atomic mass is 9.93. The molecule has 232 valence electrons. The summed E-state index contributed by atoms with van der Waals surface area (Å²) in [4.78, 5) is 33.3. The Morgan fingerprint density at radius 2 is 1.65 bits per heavy atom. The normalized spacial score (nSPS) is 14.3. The van der Waals surface area contributed by atoms with Crippen molar-refractivity contribution in [1.82, 2.24) is 4.57 Å². The SMILES string of the molecule is CCOC(=O)C1=C(c2ccccc2)N=c2s/c(=C\c3ccc(OCc4ccccc4)c(OC)c3)c(=O)n2[C@H]1c1cccc(OC)c1. The zero-order chi connectivity index (χ0) is 32.0. The molecule has 2 heterocycles. The Hall–Kier alpha value is -5.41. The number of rotatable bonds is 10. The average Bonchev–Trinajstić information content (AvgIpc) is 3.41. The van der Waals surface area contributed by atoms with Crippen LogP contribution in [0, 0.1) is 0 Å². The highest BCUT2D eigenvalue weighted by Crippen LogP contribution is 2.36. The lowest BCUT2D eigenvalue weighted by Crippen LogP contribution is -2.40. The van der Waals surface area contributed by atoms with Crippen LogP contribution in [0.15, 0.2) is 118 Å². The van der Waals surface area contributed by atoms with Crippen molar-refractivity contribution in [3.05, 3.63) is 151 Å². The van der Waals surface area contributed by atoms with Gasteiger partial charge in [-0.15, -0.1) is 0 Å². The van der Waals surface area contributed by atoms with Crippen molar-refractivity contribution in [1.29, 1.82) is 0 Å². The molecule has 0 radical (unpaired) electrons. The largest absolute Gasteiger partial charge is 0.497 e. The van der Waals surface area contributed by atoms with Crippen molar-refractivity contribution >= 4 is 29.1 Å². The van der Waals surface area contributed by atoms with E-state index in [0.29, 0.717) is 44.4 Å². The van der Waals surface area contributed by atoms with E-state index in [2.05, 4.69) is 0 Å². The smallest absolute Gasteiger partial charge is 0.338 e. The first-order valence-corrected chi connectivity index (χ1v) is 15.6. The van der Waals surface area contributed by atoms with E-state index in [9.17, 15) is 9.59 Å². The maximum atomic E-state index is 14.2. The van der Waals surface area contributed by atoms with E-state index < -0.39 is 12.0 Å². The third-order valence-electron chi connectivity index (χ3n) is 7.51. The lowest BCUT2D eigenvalue weighted by molar-refractivity contribution is -0.138. The molecule has 46 heavy (non-hydrogen) atoms. The summed E-state index contributed by atoms with van der Waals surface area (Å²) in [5.41, 5.74) is 3.68. The number of esters is 1. The Morgan fingerprint density at radius 1 is 0.891 bits per heavy atom. The first-order valence-electron chi connectivity index (χ1n) is 14.8. The molecule has 1 aromatic heterocycles. The minimum absolute atomic E-state index is 0.173. The average molecular weight is 633 g/mol. The molecule has 0 fully saturated rings. The van der Waals surface area contributed by atoms with E-state index in [4.69, 9.17) is 23.9 Å². The molecule has 8 nitrogen and oxygen atoms in total. The van der Waals surface area contributed by atoms with Gasteiger partial charge in [-0.2, -0.15) is 0 Å². The fourth-order valence-electron chi connectivity index (χ4n) is 5.35. The maximum Gasteiger partial charge on any atom is 0.338 e. The molecule has 1 aliphatic heterocycles. The molecule has 6 rings (SSSR count). The molecule has 1 aliphatic rings. The Kier molecular flexibility index (Phi) is 9.12. The highest BCUT2D eigenvalue weighted by molar-refractivity contribution is 7.07. The van der Waals surface area contributed by atoms with Crippen LogP contribution in [0.2, 0.25) is 0 Å². The van der Waals surface area contributed by atoms with Crippen LogP contribution < -0.4 is 29.1 Å². The summed E-state index contributed by atoms with van der Waals surface area (Å²) in [6.45, 7) is 2.32. The predicted molar refractivity (Wildman–Crippen MR) is 178 cm³/mol. The number of fused-ring (bicyclic) bond motifs is 1. The van der Waals surface area contributed by atoms with Crippen LogP contribution in [0.3, 0.4) is 0 Å².